The van der Waals surface area contributed by atoms with Gasteiger partial charge in [0.05, 0.1) is 0 Å². The van der Waals surface area contributed by atoms with Crippen molar-refractivity contribution in [1.29, 1.82) is 0 Å². The highest BCUT2D eigenvalue weighted by molar-refractivity contribution is 5.56. The zero-order valence-electron chi connectivity index (χ0n) is 9.72. The van der Waals surface area contributed by atoms with Crippen LogP contribution in [0.25, 0.3) is 6.08 Å². The summed E-state index contributed by atoms with van der Waals surface area (Å²) in [5, 5.41) is 0. The summed E-state index contributed by atoms with van der Waals surface area (Å²) in [6.45, 7) is 0.314. The highest BCUT2D eigenvalue weighted by Gasteiger charge is 2.11. The van der Waals surface area contributed by atoms with Gasteiger partial charge in [-0.25, -0.2) is 0 Å². The van der Waals surface area contributed by atoms with Crippen LogP contribution in [-0.4, -0.2) is 13.1 Å². The molecule has 0 atom stereocenters. The van der Waals surface area contributed by atoms with Crippen LogP contribution < -0.4 is 9.47 Å². The van der Waals surface area contributed by atoms with Crippen LogP contribution in [0.2, 0.25) is 0 Å². The van der Waals surface area contributed by atoms with E-state index >= 15 is 0 Å². The van der Waals surface area contributed by atoms with Gasteiger partial charge in [0, 0.05) is 6.42 Å². The third-order valence-corrected chi connectivity index (χ3v) is 2.65. The van der Waals surface area contributed by atoms with Crippen molar-refractivity contribution in [2.75, 3.05) is 6.79 Å². The maximum Gasteiger partial charge on any atom is 0.231 e. The Morgan fingerprint density at radius 1 is 1.12 bits per heavy atom. The smallest absolute Gasteiger partial charge is 0.231 e. The molecule has 0 N–H and O–H groups in total. The summed E-state index contributed by atoms with van der Waals surface area (Å²) in [4.78, 5) is 10.1. The molecular formula is C14H16O3. The lowest BCUT2D eigenvalue weighted by molar-refractivity contribution is -0.107. The first-order chi connectivity index (χ1) is 8.40. The monoisotopic (exact) mass is 232 g/mol. The molecule has 1 aromatic carbocycles. The minimum absolute atomic E-state index is 0.314. The van der Waals surface area contributed by atoms with Gasteiger partial charge in [-0.05, 0) is 37.0 Å². The van der Waals surface area contributed by atoms with Gasteiger partial charge in [0.2, 0.25) is 6.79 Å². The molecule has 0 radical (unpaired) electrons. The van der Waals surface area contributed by atoms with Crippen LogP contribution in [-0.2, 0) is 4.79 Å². The molecule has 3 nitrogen and oxygen atoms in total. The van der Waals surface area contributed by atoms with E-state index < -0.39 is 0 Å². The Bertz CT molecular complexity index is 410. The van der Waals surface area contributed by atoms with Gasteiger partial charge in [0.1, 0.15) is 6.29 Å². The summed E-state index contributed by atoms with van der Waals surface area (Å²) in [6, 6.07) is 5.91. The molecule has 90 valence electrons. The van der Waals surface area contributed by atoms with E-state index in [9.17, 15) is 4.79 Å². The molecule has 0 aromatic heterocycles. The number of fused-ring (bicyclic) bond motifs is 1. The minimum Gasteiger partial charge on any atom is -0.454 e. The molecule has 0 aliphatic carbocycles. The van der Waals surface area contributed by atoms with Gasteiger partial charge in [-0.2, -0.15) is 0 Å². The van der Waals surface area contributed by atoms with Crippen molar-refractivity contribution in [2.45, 2.75) is 25.7 Å². The molecule has 2 rings (SSSR count). The maximum absolute atomic E-state index is 10.1. The molecule has 3 heteroatoms. The lowest BCUT2D eigenvalue weighted by Gasteiger charge is -1.97. The van der Waals surface area contributed by atoms with Gasteiger partial charge in [0.15, 0.2) is 11.5 Å². The normalized spacial score (nSPS) is 13.2. The minimum atomic E-state index is 0.314. The van der Waals surface area contributed by atoms with Crippen molar-refractivity contribution in [1.82, 2.24) is 0 Å². The molecule has 17 heavy (non-hydrogen) atoms. The molecule has 1 aliphatic heterocycles. The van der Waals surface area contributed by atoms with Crippen molar-refractivity contribution < 1.29 is 14.3 Å². The van der Waals surface area contributed by atoms with Crippen LogP contribution in [0.3, 0.4) is 0 Å². The Kier molecular flexibility index (Phi) is 4.19. The molecule has 1 heterocycles. The van der Waals surface area contributed by atoms with Gasteiger partial charge < -0.3 is 14.3 Å². The highest BCUT2D eigenvalue weighted by atomic mass is 16.7. The first-order valence-corrected chi connectivity index (χ1v) is 5.90. The molecule has 0 spiro atoms. The summed E-state index contributed by atoms with van der Waals surface area (Å²) < 4.78 is 10.5. The maximum atomic E-state index is 10.1. The summed E-state index contributed by atoms with van der Waals surface area (Å²) in [7, 11) is 0. The highest BCUT2D eigenvalue weighted by Crippen LogP contribution is 2.32. The van der Waals surface area contributed by atoms with Gasteiger partial charge in [-0.1, -0.05) is 18.2 Å². The Balaban J connectivity index is 1.82. The Labute approximate surface area is 101 Å². The number of rotatable bonds is 6. The van der Waals surface area contributed by atoms with Gasteiger partial charge in [0.25, 0.3) is 0 Å². The molecule has 1 aromatic rings. The number of hydrogen-bond donors (Lipinski definition) is 0. The van der Waals surface area contributed by atoms with Gasteiger partial charge >= 0.3 is 0 Å². The van der Waals surface area contributed by atoms with Crippen LogP contribution in [0.1, 0.15) is 31.2 Å². The Morgan fingerprint density at radius 3 is 2.82 bits per heavy atom. The van der Waals surface area contributed by atoms with Crippen LogP contribution in [0.4, 0.5) is 0 Å². The van der Waals surface area contributed by atoms with Crippen LogP contribution in [0.15, 0.2) is 24.3 Å². The zero-order chi connectivity index (χ0) is 11.9. The molecule has 0 unspecified atom stereocenters. The number of unbranched alkanes of at least 4 members (excludes halogenated alkanes) is 3. The molecule has 0 fully saturated rings. The third kappa shape index (κ3) is 3.34. The largest absolute Gasteiger partial charge is 0.454 e. The van der Waals surface area contributed by atoms with E-state index in [0.717, 1.165) is 42.6 Å². The van der Waals surface area contributed by atoms with E-state index in [2.05, 4.69) is 12.2 Å². The van der Waals surface area contributed by atoms with E-state index in [4.69, 9.17) is 9.47 Å². The fourth-order valence-electron chi connectivity index (χ4n) is 1.73. The van der Waals surface area contributed by atoms with Crippen molar-refractivity contribution >= 4 is 12.4 Å². The summed E-state index contributed by atoms with van der Waals surface area (Å²) in [6.07, 6.45) is 8.86. The van der Waals surface area contributed by atoms with Crippen molar-refractivity contribution in [3.8, 4) is 11.5 Å². The zero-order valence-corrected chi connectivity index (χ0v) is 9.72. The van der Waals surface area contributed by atoms with Crippen LogP contribution in [0, 0.1) is 0 Å². The average molecular weight is 232 g/mol. The summed E-state index contributed by atoms with van der Waals surface area (Å²) >= 11 is 0. The number of carbonyl (C=O) groups excluding carboxylic acids is 1. The van der Waals surface area contributed by atoms with E-state index in [-0.39, 0.29) is 0 Å². The summed E-state index contributed by atoms with van der Waals surface area (Å²) in [5.74, 6) is 1.63. The first-order valence-electron chi connectivity index (χ1n) is 5.90. The molecular weight excluding hydrogens is 216 g/mol. The standard InChI is InChI=1S/C14H16O3/c15-9-5-3-1-2-4-6-12-7-8-13-14(10-12)17-11-16-13/h4,6-10H,1-3,5,11H2/b6-4+. The van der Waals surface area contributed by atoms with E-state index in [1.807, 2.05) is 18.2 Å². The Morgan fingerprint density at radius 2 is 1.94 bits per heavy atom. The molecule has 0 bridgehead atoms. The van der Waals surface area contributed by atoms with Gasteiger partial charge in [-0.15, -0.1) is 0 Å². The quantitative estimate of drug-likeness (QED) is 0.558. The molecule has 0 saturated carbocycles. The number of hydrogen-bond acceptors (Lipinski definition) is 3. The fraction of sp³-hybridized carbons (Fsp3) is 0.357. The predicted molar refractivity (Wildman–Crippen MR) is 66.1 cm³/mol. The number of carbonyl (C=O) groups is 1. The lowest BCUT2D eigenvalue weighted by atomic mass is 10.1. The SMILES string of the molecule is O=CCCCC/C=C/c1ccc2c(c1)OCO2. The average Bonchev–Trinajstić information content (AvgIpc) is 2.81. The second kappa shape index (κ2) is 6.09. The van der Waals surface area contributed by atoms with Gasteiger partial charge in [-0.3, -0.25) is 0 Å². The second-order valence-electron chi connectivity index (χ2n) is 3.97. The molecule has 0 amide bonds. The third-order valence-electron chi connectivity index (χ3n) is 2.65. The number of aldehydes is 1. The molecule has 1 aliphatic rings. The second-order valence-corrected chi connectivity index (χ2v) is 3.97. The van der Waals surface area contributed by atoms with E-state index in [1.165, 1.54) is 0 Å². The number of benzene rings is 1. The van der Waals surface area contributed by atoms with E-state index in [1.54, 1.807) is 0 Å². The van der Waals surface area contributed by atoms with Crippen molar-refractivity contribution in [3.63, 3.8) is 0 Å². The van der Waals surface area contributed by atoms with E-state index in [0.29, 0.717) is 13.2 Å². The summed E-state index contributed by atoms with van der Waals surface area (Å²) in [5.41, 5.74) is 1.12. The number of ether oxygens (including phenoxy) is 2. The Hall–Kier alpha value is -1.77. The molecule has 0 saturated heterocycles. The van der Waals surface area contributed by atoms with Crippen molar-refractivity contribution in [2.24, 2.45) is 0 Å². The topological polar surface area (TPSA) is 35.5 Å². The number of allylic oxidation sites excluding steroid dienone is 1. The van der Waals surface area contributed by atoms with Crippen molar-refractivity contribution in [3.05, 3.63) is 29.8 Å². The van der Waals surface area contributed by atoms with Crippen LogP contribution in [0.5, 0.6) is 11.5 Å². The lowest BCUT2D eigenvalue weighted by Crippen LogP contribution is -1.92. The first kappa shape index (κ1) is 11.7. The predicted octanol–water partition coefficient (Wildman–Crippen LogP) is 3.19. The van der Waals surface area contributed by atoms with Crippen LogP contribution >= 0.6 is 0 Å². The fourth-order valence-corrected chi connectivity index (χ4v) is 1.73.